The summed E-state index contributed by atoms with van der Waals surface area (Å²) in [4.78, 5) is 60.5. The van der Waals surface area contributed by atoms with Crippen LogP contribution in [0.3, 0.4) is 0 Å². The third-order valence-electron chi connectivity index (χ3n) is 15.3. The lowest BCUT2D eigenvalue weighted by Gasteiger charge is -2.50. The minimum atomic E-state index is -1.85. The first-order chi connectivity index (χ1) is 32.1. The van der Waals surface area contributed by atoms with Crippen LogP contribution < -0.4 is 0 Å². The molecule has 1 unspecified atom stereocenters. The maximum Gasteiger partial charge on any atom is 0.311 e. The number of fused-ring (bicyclic) bond motifs is 1. The summed E-state index contributed by atoms with van der Waals surface area (Å²) < 4.78 is 70.8. The number of aliphatic hydroxyl groups is 1. The lowest BCUT2D eigenvalue weighted by atomic mass is 9.74. The highest BCUT2D eigenvalue weighted by Crippen LogP contribution is 2.54. The molecule has 0 amide bonds. The second kappa shape index (κ2) is 24.4. The molecular formula is C50H89N3O16. The average molecular weight is 988 g/mol. The molecule has 3 heterocycles. The molecule has 400 valence electrons. The van der Waals surface area contributed by atoms with Gasteiger partial charge in [-0.2, -0.15) is 0 Å². The van der Waals surface area contributed by atoms with E-state index in [2.05, 4.69) is 4.90 Å². The highest BCUT2D eigenvalue weighted by molar-refractivity contribution is 5.74. The van der Waals surface area contributed by atoms with Crippen molar-refractivity contribution in [2.45, 2.75) is 192 Å². The molecule has 20 atom stereocenters. The van der Waals surface area contributed by atoms with Crippen LogP contribution in [0.25, 0.3) is 0 Å². The lowest BCUT2D eigenvalue weighted by Crippen LogP contribution is -2.61. The van der Waals surface area contributed by atoms with Crippen molar-refractivity contribution in [2.24, 2.45) is 29.6 Å². The molecule has 0 aromatic heterocycles. The molecule has 1 N–H and O–H groups in total. The van der Waals surface area contributed by atoms with Crippen molar-refractivity contribution in [3.63, 3.8) is 0 Å². The highest BCUT2D eigenvalue weighted by Gasteiger charge is 2.72. The number of methoxy groups -OCH3 is 3. The topological polar surface area (TPSA) is 200 Å². The third kappa shape index (κ3) is 13.9. The Morgan fingerprint density at radius 3 is 1.78 bits per heavy atom. The number of carbonyl (C=O) groups excluding carboxylic acids is 4. The fraction of sp³-hybridized carbons (Fsp3) is 0.920. The summed E-state index contributed by atoms with van der Waals surface area (Å²) in [5, 5.41) is 12.7. The predicted molar refractivity (Wildman–Crippen MR) is 254 cm³/mol. The Morgan fingerprint density at radius 1 is 0.710 bits per heavy atom. The molecular weight excluding hydrogens is 899 g/mol. The van der Waals surface area contributed by atoms with Gasteiger partial charge < -0.3 is 71.9 Å². The summed E-state index contributed by atoms with van der Waals surface area (Å²) in [5.74, 6) is -6.02. The molecule has 0 aromatic carbocycles. The van der Waals surface area contributed by atoms with Gasteiger partial charge >= 0.3 is 23.9 Å². The minimum Gasteiger partial charge on any atom is -0.462 e. The maximum absolute atomic E-state index is 14.8. The number of rotatable bonds is 17. The Bertz CT molecular complexity index is 1710. The molecule has 1 saturated carbocycles. The van der Waals surface area contributed by atoms with E-state index in [9.17, 15) is 24.3 Å². The number of hydrogen-bond donors (Lipinski definition) is 1. The van der Waals surface area contributed by atoms with Crippen molar-refractivity contribution in [2.75, 3.05) is 76.7 Å². The lowest BCUT2D eigenvalue weighted by molar-refractivity contribution is -0.322. The van der Waals surface area contributed by atoms with E-state index in [0.29, 0.717) is 19.5 Å². The van der Waals surface area contributed by atoms with Crippen LogP contribution in [0.2, 0.25) is 0 Å². The van der Waals surface area contributed by atoms with Gasteiger partial charge in [-0.1, -0.05) is 27.7 Å². The van der Waals surface area contributed by atoms with Crippen molar-refractivity contribution in [3.05, 3.63) is 0 Å². The van der Waals surface area contributed by atoms with Gasteiger partial charge in [-0.25, -0.2) is 0 Å². The van der Waals surface area contributed by atoms with Gasteiger partial charge in [0, 0.05) is 71.6 Å². The SMILES string of the molecule is CO[C@H]1[C@H](O[C@@H]2[C@@H](C)[C@H](O[C@H]3C[C@@](C)(OC)[C@@H](OC(C)=O)[C@H](C)O3)[C@@H](C)C(=O)O[C@@H]3C(C)[C@]3(O)[C@H](OC(=O)CCN(C)C)[C@@H](C)[C@@H](OC(=O)CCN(C)C)[C@H](C)C[C@]2(C)OC)O[C@H](C)C[C@@H]1N(C)C. The van der Waals surface area contributed by atoms with Gasteiger partial charge in [-0.15, -0.1) is 0 Å². The zero-order valence-electron chi connectivity index (χ0n) is 45.2. The molecule has 19 heteroatoms. The standard InChI is InChI=1S/C50H89N3O16/c1-27-25-48(9,60-18)42(69-47-41(59-17)35(53(15)16)24-28(2)62-47)30(4)40(67-38-26-49(10,61-19)45(33(7)63-38)64-34(8)54)31(5)46(57)68-44-32(6)50(44,58)43(66-37(56)21-23-52(13)14)29(3)39(27)65-36(55)20-22-51(11)12/h27-33,35,38-45,47,58H,20-26H2,1-19H3/t27-,28-,29+,30+,31-,32?,33+,35+,38+,39+,40+,41-,42-,43-,44-,45+,47+,48+,49-,50+/m1/s1. The molecule has 0 radical (unpaired) electrons. The second-order valence-corrected chi connectivity index (χ2v) is 21.7. The first-order valence-corrected chi connectivity index (χ1v) is 24.8. The Balaban J connectivity index is 1.95. The molecule has 0 spiro atoms. The van der Waals surface area contributed by atoms with E-state index in [1.807, 2.05) is 86.7 Å². The van der Waals surface area contributed by atoms with Gasteiger partial charge in [-0.05, 0) is 95.7 Å². The number of carbonyl (C=O) groups is 4. The Hall–Kier alpha value is -2.56. The van der Waals surface area contributed by atoms with E-state index in [-0.39, 0.29) is 37.8 Å². The Kier molecular flexibility index (Phi) is 20.9. The molecule has 1 aliphatic carbocycles. The largest absolute Gasteiger partial charge is 0.462 e. The average Bonchev–Trinajstić information content (AvgIpc) is 3.80. The van der Waals surface area contributed by atoms with Crippen LogP contribution >= 0.6 is 0 Å². The van der Waals surface area contributed by atoms with E-state index < -0.39 is 132 Å². The summed E-state index contributed by atoms with van der Waals surface area (Å²) in [7, 11) is 16.1. The van der Waals surface area contributed by atoms with Crippen LogP contribution in [0.15, 0.2) is 0 Å². The number of esters is 4. The highest BCUT2D eigenvalue weighted by atomic mass is 16.7. The van der Waals surface area contributed by atoms with Crippen LogP contribution in [0, 0.1) is 29.6 Å². The Labute approximate surface area is 412 Å². The van der Waals surface area contributed by atoms with Crippen LogP contribution in [0.5, 0.6) is 0 Å². The summed E-state index contributed by atoms with van der Waals surface area (Å²) in [6, 6.07) is -0.0938. The van der Waals surface area contributed by atoms with E-state index >= 15 is 0 Å². The molecule has 4 aliphatic rings. The smallest absolute Gasteiger partial charge is 0.311 e. The molecule has 19 nitrogen and oxygen atoms in total. The van der Waals surface area contributed by atoms with E-state index in [1.165, 1.54) is 14.0 Å². The third-order valence-corrected chi connectivity index (χ3v) is 15.3. The summed E-state index contributed by atoms with van der Waals surface area (Å²) in [6.45, 7) is 18.7. The second-order valence-electron chi connectivity index (χ2n) is 21.7. The maximum atomic E-state index is 14.8. The van der Waals surface area contributed by atoms with E-state index in [4.69, 9.17) is 52.1 Å². The van der Waals surface area contributed by atoms with E-state index in [0.717, 1.165) is 0 Å². The van der Waals surface area contributed by atoms with Crippen molar-refractivity contribution < 1.29 is 76.4 Å². The van der Waals surface area contributed by atoms with Gasteiger partial charge in [0.25, 0.3) is 0 Å². The summed E-state index contributed by atoms with van der Waals surface area (Å²) >= 11 is 0. The van der Waals surface area contributed by atoms with Crippen molar-refractivity contribution in [1.29, 1.82) is 0 Å². The normalized spacial score (nSPS) is 42.3. The van der Waals surface area contributed by atoms with Gasteiger partial charge in [0.05, 0.1) is 48.8 Å². The molecule has 69 heavy (non-hydrogen) atoms. The van der Waals surface area contributed by atoms with Crippen LogP contribution in [0.1, 0.15) is 101 Å². The van der Waals surface area contributed by atoms with Gasteiger partial charge in [0.2, 0.25) is 0 Å². The number of hydrogen-bond acceptors (Lipinski definition) is 19. The van der Waals surface area contributed by atoms with Crippen molar-refractivity contribution in [3.8, 4) is 0 Å². The molecule has 3 aliphatic heterocycles. The molecule has 4 fully saturated rings. The van der Waals surface area contributed by atoms with Crippen LogP contribution in [-0.2, 0) is 71.3 Å². The zero-order chi connectivity index (χ0) is 52.1. The van der Waals surface area contributed by atoms with Crippen molar-refractivity contribution in [1.82, 2.24) is 14.7 Å². The van der Waals surface area contributed by atoms with Crippen LogP contribution in [0.4, 0.5) is 0 Å². The zero-order valence-corrected chi connectivity index (χ0v) is 45.2. The summed E-state index contributed by atoms with van der Waals surface area (Å²) in [5.41, 5.74) is -4.16. The van der Waals surface area contributed by atoms with E-state index in [1.54, 1.807) is 41.9 Å². The first kappa shape index (κ1) is 59.0. The number of nitrogens with zero attached hydrogens (tertiary/aromatic N) is 3. The predicted octanol–water partition coefficient (Wildman–Crippen LogP) is 3.68. The monoisotopic (exact) mass is 988 g/mol. The van der Waals surface area contributed by atoms with Gasteiger partial charge in [0.1, 0.15) is 35.6 Å². The summed E-state index contributed by atoms with van der Waals surface area (Å²) in [6.07, 6.45) is -8.39. The van der Waals surface area contributed by atoms with Crippen LogP contribution in [-0.4, -0.2) is 211 Å². The first-order valence-electron chi connectivity index (χ1n) is 24.8. The molecule has 0 aromatic rings. The quantitative estimate of drug-likeness (QED) is 0.163. The molecule has 0 bridgehead atoms. The Morgan fingerprint density at radius 2 is 1.26 bits per heavy atom. The van der Waals surface area contributed by atoms with Crippen molar-refractivity contribution >= 4 is 23.9 Å². The fourth-order valence-electron chi connectivity index (χ4n) is 11.1. The van der Waals surface area contributed by atoms with Gasteiger partial charge in [0.15, 0.2) is 18.7 Å². The molecule has 3 saturated heterocycles. The van der Waals surface area contributed by atoms with Gasteiger partial charge in [-0.3, -0.25) is 19.2 Å². The minimum absolute atomic E-state index is 0.0211. The fourth-order valence-corrected chi connectivity index (χ4v) is 11.1. The number of ether oxygens (including phenoxy) is 11. The molecule has 4 rings (SSSR count). The number of likely N-dealkylation sites (N-methyl/N-ethyl adjacent to an activating group) is 1.